The molecule has 0 aromatic heterocycles. The molecular formula is C60H113NO5. The van der Waals surface area contributed by atoms with Gasteiger partial charge in [0.25, 0.3) is 0 Å². The van der Waals surface area contributed by atoms with Gasteiger partial charge in [0, 0.05) is 12.8 Å². The SMILES string of the molecule is CCCC/C=C\C/C=C\CCCCCCCC(=O)OCCCCCCCCCCCCCC/C=C\CCCCCCCCCC(=O)NC(CO)C(O)CCCCCCCCCCCCCC. The number of rotatable bonds is 54. The molecule has 0 aliphatic rings. The van der Waals surface area contributed by atoms with E-state index in [0.717, 1.165) is 51.4 Å². The molecule has 0 rings (SSSR count). The zero-order valence-corrected chi connectivity index (χ0v) is 44.2. The summed E-state index contributed by atoms with van der Waals surface area (Å²) >= 11 is 0. The zero-order valence-electron chi connectivity index (χ0n) is 44.2. The number of carbonyl (C=O) groups excluding carboxylic acids is 2. The largest absolute Gasteiger partial charge is 0.466 e. The van der Waals surface area contributed by atoms with Crippen molar-refractivity contribution in [3.05, 3.63) is 36.5 Å². The third-order valence-electron chi connectivity index (χ3n) is 13.4. The van der Waals surface area contributed by atoms with E-state index < -0.39 is 12.1 Å². The monoisotopic (exact) mass is 928 g/mol. The van der Waals surface area contributed by atoms with E-state index in [1.807, 2.05) is 0 Å². The Balaban J connectivity index is 3.41. The fourth-order valence-corrected chi connectivity index (χ4v) is 8.89. The van der Waals surface area contributed by atoms with Gasteiger partial charge in [0.05, 0.1) is 25.4 Å². The van der Waals surface area contributed by atoms with E-state index in [4.69, 9.17) is 4.74 Å². The second kappa shape index (κ2) is 55.7. The first-order chi connectivity index (χ1) is 32.5. The minimum Gasteiger partial charge on any atom is -0.466 e. The van der Waals surface area contributed by atoms with Crippen molar-refractivity contribution >= 4 is 11.9 Å². The topological polar surface area (TPSA) is 95.9 Å². The molecule has 2 atom stereocenters. The van der Waals surface area contributed by atoms with Gasteiger partial charge in [0.2, 0.25) is 5.91 Å². The van der Waals surface area contributed by atoms with Crippen LogP contribution in [-0.4, -0.2) is 47.4 Å². The molecule has 388 valence electrons. The van der Waals surface area contributed by atoms with Crippen LogP contribution in [0.5, 0.6) is 0 Å². The number of aliphatic hydroxyl groups is 2. The highest BCUT2D eigenvalue weighted by Crippen LogP contribution is 2.17. The first-order valence-electron chi connectivity index (χ1n) is 29.2. The number of carbonyl (C=O) groups is 2. The number of aliphatic hydroxyl groups excluding tert-OH is 2. The fraction of sp³-hybridized carbons (Fsp3) is 0.867. The summed E-state index contributed by atoms with van der Waals surface area (Å²) in [5.41, 5.74) is 0. The van der Waals surface area contributed by atoms with Crippen LogP contribution in [0.1, 0.15) is 309 Å². The summed E-state index contributed by atoms with van der Waals surface area (Å²) in [5.74, 6) is -0.0453. The Labute approximate surface area is 411 Å². The van der Waals surface area contributed by atoms with E-state index in [2.05, 4.69) is 55.6 Å². The molecule has 0 aromatic carbocycles. The highest BCUT2D eigenvalue weighted by atomic mass is 16.5. The van der Waals surface area contributed by atoms with Crippen molar-refractivity contribution in [3.8, 4) is 0 Å². The van der Waals surface area contributed by atoms with Gasteiger partial charge in [-0.1, -0.05) is 256 Å². The Morgan fingerprint density at radius 1 is 0.424 bits per heavy atom. The molecule has 0 bridgehead atoms. The lowest BCUT2D eigenvalue weighted by Gasteiger charge is -2.22. The molecule has 66 heavy (non-hydrogen) atoms. The van der Waals surface area contributed by atoms with Crippen molar-refractivity contribution in [1.29, 1.82) is 0 Å². The van der Waals surface area contributed by atoms with Gasteiger partial charge in [0.1, 0.15) is 0 Å². The van der Waals surface area contributed by atoms with E-state index in [-0.39, 0.29) is 18.5 Å². The number of nitrogens with one attached hydrogen (secondary N) is 1. The standard InChI is InChI=1S/C60H113NO5/c1-3-5-7-9-11-13-15-17-30-34-38-42-46-50-54-60(65)66-55-51-47-43-39-35-31-28-26-24-22-20-18-19-21-23-25-27-29-33-37-41-45-49-53-59(64)61-57(56-62)58(63)52-48-44-40-36-32-16-14-12-10-8-6-4-2/h9,11,15,17,21,23,57-58,62-63H,3-8,10,12-14,16,18-20,22,24-56H2,1-2H3,(H,61,64)/b11-9-,17-15-,23-21-. The highest BCUT2D eigenvalue weighted by molar-refractivity contribution is 5.76. The van der Waals surface area contributed by atoms with Gasteiger partial charge in [-0.2, -0.15) is 0 Å². The second-order valence-corrected chi connectivity index (χ2v) is 20.0. The van der Waals surface area contributed by atoms with Crippen molar-refractivity contribution in [2.45, 2.75) is 321 Å². The van der Waals surface area contributed by atoms with Gasteiger partial charge in [-0.15, -0.1) is 0 Å². The molecule has 0 spiro atoms. The van der Waals surface area contributed by atoms with Crippen LogP contribution in [0.3, 0.4) is 0 Å². The van der Waals surface area contributed by atoms with Crippen molar-refractivity contribution in [2.75, 3.05) is 13.2 Å². The number of unbranched alkanes of at least 4 members (excludes halogenated alkanes) is 37. The Kier molecular flexibility index (Phi) is 54.1. The van der Waals surface area contributed by atoms with Gasteiger partial charge in [0.15, 0.2) is 0 Å². The van der Waals surface area contributed by atoms with Gasteiger partial charge in [-0.25, -0.2) is 0 Å². The smallest absolute Gasteiger partial charge is 0.305 e. The van der Waals surface area contributed by atoms with Crippen molar-refractivity contribution < 1.29 is 24.5 Å². The average Bonchev–Trinajstić information content (AvgIpc) is 3.32. The lowest BCUT2D eigenvalue weighted by Crippen LogP contribution is -2.45. The van der Waals surface area contributed by atoms with E-state index >= 15 is 0 Å². The lowest BCUT2D eigenvalue weighted by molar-refractivity contribution is -0.143. The number of amides is 1. The Hall–Kier alpha value is -1.92. The summed E-state index contributed by atoms with van der Waals surface area (Å²) < 4.78 is 5.47. The maximum absolute atomic E-state index is 12.4. The molecule has 0 fully saturated rings. The molecule has 0 saturated heterocycles. The second-order valence-electron chi connectivity index (χ2n) is 20.0. The molecule has 6 heteroatoms. The van der Waals surface area contributed by atoms with Crippen LogP contribution in [0.2, 0.25) is 0 Å². The van der Waals surface area contributed by atoms with Crippen LogP contribution in [0.4, 0.5) is 0 Å². The molecule has 2 unspecified atom stereocenters. The molecule has 6 nitrogen and oxygen atoms in total. The van der Waals surface area contributed by atoms with Crippen LogP contribution >= 0.6 is 0 Å². The third-order valence-corrected chi connectivity index (χ3v) is 13.4. The van der Waals surface area contributed by atoms with E-state index in [1.54, 1.807) is 0 Å². The molecule has 1 amide bonds. The van der Waals surface area contributed by atoms with Crippen LogP contribution in [-0.2, 0) is 14.3 Å². The fourth-order valence-electron chi connectivity index (χ4n) is 8.89. The van der Waals surface area contributed by atoms with Crippen LogP contribution in [0.25, 0.3) is 0 Å². The quantitative estimate of drug-likeness (QED) is 0.0321. The van der Waals surface area contributed by atoms with E-state index in [9.17, 15) is 19.8 Å². The van der Waals surface area contributed by atoms with Crippen LogP contribution < -0.4 is 5.32 Å². The Morgan fingerprint density at radius 2 is 0.773 bits per heavy atom. The average molecular weight is 929 g/mol. The summed E-state index contributed by atoms with van der Waals surface area (Å²) in [6, 6.07) is -0.545. The lowest BCUT2D eigenvalue weighted by atomic mass is 10.0. The highest BCUT2D eigenvalue weighted by Gasteiger charge is 2.20. The van der Waals surface area contributed by atoms with Crippen molar-refractivity contribution in [2.24, 2.45) is 0 Å². The first kappa shape index (κ1) is 64.1. The third kappa shape index (κ3) is 51.5. The molecule has 0 heterocycles. The van der Waals surface area contributed by atoms with Crippen molar-refractivity contribution in [1.82, 2.24) is 5.32 Å². The number of esters is 1. The minimum absolute atomic E-state index is 0.00340. The molecule has 3 N–H and O–H groups in total. The predicted molar refractivity (Wildman–Crippen MR) is 287 cm³/mol. The molecule has 0 aliphatic carbocycles. The minimum atomic E-state index is -0.667. The van der Waals surface area contributed by atoms with Crippen molar-refractivity contribution in [3.63, 3.8) is 0 Å². The summed E-state index contributed by atoms with van der Waals surface area (Å²) in [6.07, 6.45) is 68.6. The predicted octanol–water partition coefficient (Wildman–Crippen LogP) is 18.0. The molecular weight excluding hydrogens is 815 g/mol. The number of hydrogen-bond acceptors (Lipinski definition) is 5. The molecule has 0 saturated carbocycles. The first-order valence-corrected chi connectivity index (χ1v) is 29.2. The maximum atomic E-state index is 12.4. The van der Waals surface area contributed by atoms with E-state index in [1.165, 1.54) is 225 Å². The summed E-state index contributed by atoms with van der Waals surface area (Å²) in [7, 11) is 0. The number of hydrogen-bond donors (Lipinski definition) is 3. The van der Waals surface area contributed by atoms with Crippen LogP contribution in [0.15, 0.2) is 36.5 Å². The van der Waals surface area contributed by atoms with Gasteiger partial charge < -0.3 is 20.3 Å². The van der Waals surface area contributed by atoms with Crippen LogP contribution in [0, 0.1) is 0 Å². The normalized spacial score (nSPS) is 12.8. The Morgan fingerprint density at radius 3 is 1.21 bits per heavy atom. The molecule has 0 aromatic rings. The molecule has 0 aliphatic heterocycles. The summed E-state index contributed by atoms with van der Waals surface area (Å²) in [6.45, 7) is 4.90. The number of allylic oxidation sites excluding steroid dienone is 6. The van der Waals surface area contributed by atoms with Gasteiger partial charge in [-0.3, -0.25) is 9.59 Å². The Bertz CT molecular complexity index is 1070. The number of ether oxygens (including phenoxy) is 1. The van der Waals surface area contributed by atoms with Gasteiger partial charge in [-0.05, 0) is 77.0 Å². The summed E-state index contributed by atoms with van der Waals surface area (Å²) in [4.78, 5) is 24.5. The van der Waals surface area contributed by atoms with Gasteiger partial charge >= 0.3 is 5.97 Å². The van der Waals surface area contributed by atoms with E-state index in [0.29, 0.717) is 25.9 Å². The maximum Gasteiger partial charge on any atom is 0.305 e. The molecule has 0 radical (unpaired) electrons. The zero-order chi connectivity index (χ0) is 47.9. The summed E-state index contributed by atoms with van der Waals surface area (Å²) in [5, 5.41) is 23.2.